The molecule has 2 fully saturated rings. The number of amides is 1. The maximum atomic E-state index is 13.1. The van der Waals surface area contributed by atoms with Gasteiger partial charge in [-0.3, -0.25) is 9.80 Å². The molecule has 0 radical (unpaired) electrons. The Labute approximate surface area is 167 Å². The lowest BCUT2D eigenvalue weighted by molar-refractivity contribution is 0.000988. The third-order valence-corrected chi connectivity index (χ3v) is 8.87. The van der Waals surface area contributed by atoms with Crippen molar-refractivity contribution in [3.8, 4) is 0 Å². The molecule has 10 heteroatoms. The lowest BCUT2D eigenvalue weighted by Crippen LogP contribution is -2.49. The van der Waals surface area contributed by atoms with E-state index in [0.717, 1.165) is 19.3 Å². The van der Waals surface area contributed by atoms with Crippen LogP contribution in [0.4, 0.5) is 0 Å². The SMILES string of the molecule is CN(C)N(C(=O)c1cccc(S(=O)(=O)N2CCCCC2)c1)C1CCS(=O)(=O)C1. The van der Waals surface area contributed by atoms with Crippen molar-refractivity contribution in [1.82, 2.24) is 14.3 Å². The summed E-state index contributed by atoms with van der Waals surface area (Å²) in [6.07, 6.45) is 3.06. The van der Waals surface area contributed by atoms with Crippen molar-refractivity contribution in [1.29, 1.82) is 0 Å². The molecule has 0 aliphatic carbocycles. The number of nitrogens with zero attached hydrogens (tertiary/aromatic N) is 3. The molecule has 2 saturated heterocycles. The Kier molecular flexibility index (Phi) is 6.14. The number of hydrazine groups is 1. The molecule has 1 unspecified atom stereocenters. The minimum Gasteiger partial charge on any atom is -0.268 e. The molecule has 2 heterocycles. The summed E-state index contributed by atoms with van der Waals surface area (Å²) in [5.41, 5.74) is 0.232. The van der Waals surface area contributed by atoms with Crippen molar-refractivity contribution >= 4 is 25.8 Å². The molecule has 0 saturated carbocycles. The number of sulfone groups is 1. The first kappa shape index (κ1) is 21.2. The highest BCUT2D eigenvalue weighted by molar-refractivity contribution is 7.91. The van der Waals surface area contributed by atoms with Gasteiger partial charge in [-0.05, 0) is 37.5 Å². The first-order valence-electron chi connectivity index (χ1n) is 9.43. The van der Waals surface area contributed by atoms with E-state index in [4.69, 9.17) is 0 Å². The van der Waals surface area contributed by atoms with Gasteiger partial charge in [-0.25, -0.2) is 21.8 Å². The number of carbonyl (C=O) groups is 1. The standard InChI is InChI=1S/C18H27N3O5S2/c1-19(2)21(16-9-12-27(23,24)14-16)18(22)15-7-6-8-17(13-15)28(25,26)20-10-4-3-5-11-20/h6-8,13,16H,3-5,9-12,14H2,1-2H3. The van der Waals surface area contributed by atoms with E-state index in [2.05, 4.69) is 0 Å². The molecule has 0 spiro atoms. The molecule has 8 nitrogen and oxygen atoms in total. The average molecular weight is 430 g/mol. The van der Waals surface area contributed by atoms with Gasteiger partial charge < -0.3 is 0 Å². The number of carbonyl (C=O) groups excluding carboxylic acids is 1. The first-order chi connectivity index (χ1) is 13.1. The molecule has 156 valence electrons. The Morgan fingerprint density at radius 1 is 1.14 bits per heavy atom. The van der Waals surface area contributed by atoms with E-state index in [1.165, 1.54) is 21.4 Å². The minimum atomic E-state index is -3.65. The van der Waals surface area contributed by atoms with Crippen molar-refractivity contribution < 1.29 is 21.6 Å². The van der Waals surface area contributed by atoms with Gasteiger partial charge in [0.25, 0.3) is 5.91 Å². The molecule has 0 bridgehead atoms. The highest BCUT2D eigenvalue weighted by atomic mass is 32.2. The van der Waals surface area contributed by atoms with Crippen molar-refractivity contribution in [2.45, 2.75) is 36.6 Å². The van der Waals surface area contributed by atoms with Crippen LogP contribution in [-0.4, -0.2) is 81.8 Å². The van der Waals surface area contributed by atoms with Gasteiger partial charge in [0, 0.05) is 32.7 Å². The second-order valence-corrected chi connectivity index (χ2v) is 11.7. The maximum Gasteiger partial charge on any atom is 0.268 e. The van der Waals surface area contributed by atoms with Crippen LogP contribution in [0.15, 0.2) is 29.2 Å². The quantitative estimate of drug-likeness (QED) is 0.647. The van der Waals surface area contributed by atoms with Gasteiger partial charge in [-0.2, -0.15) is 4.31 Å². The number of benzene rings is 1. The van der Waals surface area contributed by atoms with Gasteiger partial charge in [0.1, 0.15) is 0 Å². The van der Waals surface area contributed by atoms with Crippen LogP contribution in [0.3, 0.4) is 0 Å². The molecule has 0 N–H and O–H groups in total. The Morgan fingerprint density at radius 2 is 1.82 bits per heavy atom. The summed E-state index contributed by atoms with van der Waals surface area (Å²) in [6, 6.07) is 5.57. The molecule has 3 rings (SSSR count). The van der Waals surface area contributed by atoms with Gasteiger partial charge >= 0.3 is 0 Å². The second kappa shape index (κ2) is 8.10. The molecular formula is C18H27N3O5S2. The summed E-state index contributed by atoms with van der Waals surface area (Å²) in [6.45, 7) is 0.981. The summed E-state index contributed by atoms with van der Waals surface area (Å²) in [5, 5.41) is 2.98. The lowest BCUT2D eigenvalue weighted by Gasteiger charge is -2.34. The number of hydrogen-bond donors (Lipinski definition) is 0. The fraction of sp³-hybridized carbons (Fsp3) is 0.611. The van der Waals surface area contributed by atoms with Gasteiger partial charge in [0.05, 0.1) is 22.4 Å². The van der Waals surface area contributed by atoms with Crippen LogP contribution in [0.5, 0.6) is 0 Å². The molecular weight excluding hydrogens is 402 g/mol. The van der Waals surface area contributed by atoms with Gasteiger partial charge in [0.2, 0.25) is 10.0 Å². The van der Waals surface area contributed by atoms with E-state index in [1.807, 2.05) is 0 Å². The third-order valence-electron chi connectivity index (χ3n) is 5.23. The van der Waals surface area contributed by atoms with E-state index in [1.54, 1.807) is 31.2 Å². The second-order valence-electron chi connectivity index (χ2n) is 7.55. The van der Waals surface area contributed by atoms with Crippen LogP contribution in [0.1, 0.15) is 36.0 Å². The molecule has 0 aromatic heterocycles. The highest BCUT2D eigenvalue weighted by Gasteiger charge is 2.36. The maximum absolute atomic E-state index is 13.1. The number of sulfonamides is 1. The Morgan fingerprint density at radius 3 is 2.39 bits per heavy atom. The molecule has 2 aliphatic rings. The largest absolute Gasteiger partial charge is 0.268 e. The Hall–Kier alpha value is -1.49. The van der Waals surface area contributed by atoms with E-state index >= 15 is 0 Å². The lowest BCUT2D eigenvalue weighted by atomic mass is 10.1. The monoisotopic (exact) mass is 429 g/mol. The predicted molar refractivity (Wildman–Crippen MR) is 106 cm³/mol. The fourth-order valence-electron chi connectivity index (χ4n) is 3.82. The van der Waals surface area contributed by atoms with Gasteiger partial charge in [-0.15, -0.1) is 0 Å². The van der Waals surface area contributed by atoms with Gasteiger partial charge in [-0.1, -0.05) is 12.5 Å². The van der Waals surface area contributed by atoms with Crippen LogP contribution in [0.2, 0.25) is 0 Å². The van der Waals surface area contributed by atoms with E-state index < -0.39 is 31.8 Å². The fourth-order valence-corrected chi connectivity index (χ4v) is 7.07. The van der Waals surface area contributed by atoms with Crippen LogP contribution >= 0.6 is 0 Å². The zero-order valence-corrected chi connectivity index (χ0v) is 17.9. The summed E-state index contributed by atoms with van der Waals surface area (Å²) in [5.74, 6) is -0.427. The molecule has 1 aromatic rings. The molecule has 1 atom stereocenters. The summed E-state index contributed by atoms with van der Waals surface area (Å²) >= 11 is 0. The molecule has 28 heavy (non-hydrogen) atoms. The van der Waals surface area contributed by atoms with Crippen molar-refractivity contribution in [3.63, 3.8) is 0 Å². The molecule has 2 aliphatic heterocycles. The van der Waals surface area contributed by atoms with E-state index in [0.29, 0.717) is 19.5 Å². The summed E-state index contributed by atoms with van der Waals surface area (Å²) in [4.78, 5) is 13.2. The van der Waals surface area contributed by atoms with Crippen LogP contribution in [-0.2, 0) is 19.9 Å². The van der Waals surface area contributed by atoms with E-state index in [-0.39, 0.29) is 22.0 Å². The van der Waals surface area contributed by atoms with E-state index in [9.17, 15) is 21.6 Å². The minimum absolute atomic E-state index is 0.0542. The number of rotatable bonds is 5. The predicted octanol–water partition coefficient (Wildman–Crippen LogP) is 0.967. The summed E-state index contributed by atoms with van der Waals surface area (Å²) < 4.78 is 51.0. The highest BCUT2D eigenvalue weighted by Crippen LogP contribution is 2.24. The zero-order chi connectivity index (χ0) is 20.5. The number of hydrogen-bond acceptors (Lipinski definition) is 6. The normalized spacial score (nSPS) is 23.0. The Bertz CT molecular complexity index is 938. The van der Waals surface area contributed by atoms with Crippen molar-refractivity contribution in [3.05, 3.63) is 29.8 Å². The van der Waals surface area contributed by atoms with Gasteiger partial charge in [0.15, 0.2) is 9.84 Å². The summed E-state index contributed by atoms with van der Waals surface area (Å²) in [7, 11) is -3.45. The van der Waals surface area contributed by atoms with Crippen molar-refractivity contribution in [2.24, 2.45) is 0 Å². The molecule has 1 amide bonds. The number of piperidine rings is 1. The topological polar surface area (TPSA) is 95.1 Å². The zero-order valence-electron chi connectivity index (χ0n) is 16.2. The first-order valence-corrected chi connectivity index (χ1v) is 12.7. The smallest absolute Gasteiger partial charge is 0.268 e. The van der Waals surface area contributed by atoms with Crippen LogP contribution in [0.25, 0.3) is 0 Å². The average Bonchev–Trinajstić information content (AvgIpc) is 3.01. The van der Waals surface area contributed by atoms with Crippen LogP contribution < -0.4 is 0 Å². The van der Waals surface area contributed by atoms with Crippen molar-refractivity contribution in [2.75, 3.05) is 38.7 Å². The van der Waals surface area contributed by atoms with Crippen LogP contribution in [0, 0.1) is 0 Å². The third kappa shape index (κ3) is 4.40. The Balaban J connectivity index is 1.88. The molecule has 1 aromatic carbocycles.